The Kier molecular flexibility index (Phi) is 3.53. The number of benzene rings is 1. The van der Waals surface area contributed by atoms with E-state index in [9.17, 15) is 0 Å². The van der Waals surface area contributed by atoms with Crippen molar-refractivity contribution in [2.24, 2.45) is 11.1 Å². The van der Waals surface area contributed by atoms with Gasteiger partial charge in [-0.3, -0.25) is 0 Å². The number of nitrogens with two attached hydrogens (primary N) is 1. The normalized spacial score (nSPS) is 17.5. The number of nitrogens with one attached hydrogen (secondary N) is 2. The molecular formula is C15H22N4. The Bertz CT molecular complexity index is 536. The van der Waals surface area contributed by atoms with Gasteiger partial charge in [-0.25, -0.2) is 4.98 Å². The van der Waals surface area contributed by atoms with Gasteiger partial charge in [0, 0.05) is 6.54 Å². The lowest BCUT2D eigenvalue weighted by atomic mass is 9.69. The summed E-state index contributed by atoms with van der Waals surface area (Å²) >= 11 is 0. The van der Waals surface area contributed by atoms with E-state index in [-0.39, 0.29) is 0 Å². The maximum Gasteiger partial charge on any atom is 0.0931 e. The third kappa shape index (κ3) is 2.65. The third-order valence-corrected chi connectivity index (χ3v) is 4.42. The van der Waals surface area contributed by atoms with Crippen LogP contribution >= 0.6 is 0 Å². The van der Waals surface area contributed by atoms with Gasteiger partial charge in [0.1, 0.15) is 0 Å². The van der Waals surface area contributed by atoms with E-state index in [0.717, 1.165) is 37.1 Å². The monoisotopic (exact) mass is 258 g/mol. The highest BCUT2D eigenvalue weighted by Crippen LogP contribution is 2.38. The summed E-state index contributed by atoms with van der Waals surface area (Å²) in [5.41, 5.74) is 9.76. The van der Waals surface area contributed by atoms with Gasteiger partial charge in [-0.2, -0.15) is 0 Å². The van der Waals surface area contributed by atoms with Crippen molar-refractivity contribution in [2.75, 3.05) is 19.6 Å². The van der Waals surface area contributed by atoms with Crippen LogP contribution in [-0.4, -0.2) is 29.6 Å². The lowest BCUT2D eigenvalue weighted by molar-refractivity contribution is 0.141. The predicted molar refractivity (Wildman–Crippen MR) is 78.0 cm³/mol. The molecule has 0 spiro atoms. The van der Waals surface area contributed by atoms with E-state index >= 15 is 0 Å². The van der Waals surface area contributed by atoms with E-state index in [4.69, 9.17) is 5.73 Å². The summed E-state index contributed by atoms with van der Waals surface area (Å²) in [6.07, 6.45) is 6.71. The minimum absolute atomic E-state index is 0.396. The summed E-state index contributed by atoms with van der Waals surface area (Å²) in [6, 6.07) is 6.42. The minimum atomic E-state index is 0.396. The molecule has 1 aliphatic carbocycles. The zero-order valence-corrected chi connectivity index (χ0v) is 11.3. The van der Waals surface area contributed by atoms with Gasteiger partial charge in [0.2, 0.25) is 0 Å². The Balaban J connectivity index is 1.49. The van der Waals surface area contributed by atoms with E-state index in [0.29, 0.717) is 5.41 Å². The Morgan fingerprint density at radius 1 is 1.37 bits per heavy atom. The molecule has 4 N–H and O–H groups in total. The Morgan fingerprint density at radius 2 is 2.26 bits per heavy atom. The Labute approximate surface area is 113 Å². The molecule has 0 amide bonds. The molecule has 1 fully saturated rings. The molecule has 1 heterocycles. The number of aromatic amines is 1. The molecule has 0 radical (unpaired) electrons. The van der Waals surface area contributed by atoms with Crippen LogP contribution in [0.5, 0.6) is 0 Å². The lowest BCUT2D eigenvalue weighted by Crippen LogP contribution is -2.45. The van der Waals surface area contributed by atoms with Gasteiger partial charge in [-0.15, -0.1) is 0 Å². The van der Waals surface area contributed by atoms with E-state index < -0.39 is 0 Å². The Hall–Kier alpha value is -1.39. The Morgan fingerprint density at radius 3 is 3.00 bits per heavy atom. The molecule has 0 aliphatic heterocycles. The van der Waals surface area contributed by atoms with Gasteiger partial charge < -0.3 is 16.0 Å². The molecule has 1 aliphatic rings. The van der Waals surface area contributed by atoms with Crippen LogP contribution in [0.2, 0.25) is 0 Å². The summed E-state index contributed by atoms with van der Waals surface area (Å²) in [4.78, 5) is 7.39. The summed E-state index contributed by atoms with van der Waals surface area (Å²) in [5.74, 6) is 0. The fourth-order valence-corrected chi connectivity index (χ4v) is 2.85. The number of hydrogen-bond acceptors (Lipinski definition) is 3. The van der Waals surface area contributed by atoms with Gasteiger partial charge in [0.25, 0.3) is 0 Å². The topological polar surface area (TPSA) is 66.7 Å². The first-order valence-electron chi connectivity index (χ1n) is 7.14. The molecule has 2 aromatic rings. The van der Waals surface area contributed by atoms with Gasteiger partial charge in [-0.05, 0) is 55.5 Å². The predicted octanol–water partition coefficient (Wildman–Crippen LogP) is 1.82. The van der Waals surface area contributed by atoms with E-state index in [1.54, 1.807) is 6.33 Å². The number of imidazole rings is 1. The average Bonchev–Trinajstić information content (AvgIpc) is 2.84. The van der Waals surface area contributed by atoms with E-state index in [1.807, 2.05) is 0 Å². The van der Waals surface area contributed by atoms with Crippen molar-refractivity contribution >= 4 is 11.0 Å². The molecule has 0 atom stereocenters. The second-order valence-corrected chi connectivity index (χ2v) is 5.74. The van der Waals surface area contributed by atoms with Crippen molar-refractivity contribution in [1.82, 2.24) is 15.3 Å². The largest absolute Gasteiger partial charge is 0.345 e. The second kappa shape index (κ2) is 5.31. The fourth-order valence-electron chi connectivity index (χ4n) is 2.85. The first-order chi connectivity index (χ1) is 9.31. The SMILES string of the molecule is NCC1(CNCCc2ccc3nc[nH]c3c2)CCC1. The first kappa shape index (κ1) is 12.6. The maximum absolute atomic E-state index is 5.86. The smallest absolute Gasteiger partial charge is 0.0931 e. The number of fused-ring (bicyclic) bond motifs is 1. The molecule has 1 saturated carbocycles. The standard InChI is InChI=1S/C15H22N4/c16-9-15(5-1-6-15)10-17-7-4-12-2-3-13-14(8-12)19-11-18-13/h2-3,8,11,17H,1,4-7,9-10,16H2,(H,18,19). The van der Waals surface area contributed by atoms with Crippen molar-refractivity contribution in [2.45, 2.75) is 25.7 Å². The molecule has 0 unspecified atom stereocenters. The number of H-pyrrole nitrogens is 1. The average molecular weight is 258 g/mol. The van der Waals surface area contributed by atoms with Crippen LogP contribution in [0.15, 0.2) is 24.5 Å². The summed E-state index contributed by atoms with van der Waals surface area (Å²) < 4.78 is 0. The zero-order valence-electron chi connectivity index (χ0n) is 11.3. The molecule has 1 aromatic carbocycles. The molecule has 19 heavy (non-hydrogen) atoms. The van der Waals surface area contributed by atoms with Gasteiger partial charge in [0.15, 0.2) is 0 Å². The van der Waals surface area contributed by atoms with E-state index in [2.05, 4.69) is 33.5 Å². The number of rotatable bonds is 6. The van der Waals surface area contributed by atoms with Gasteiger partial charge in [-0.1, -0.05) is 12.5 Å². The fraction of sp³-hybridized carbons (Fsp3) is 0.533. The molecule has 0 saturated heterocycles. The maximum atomic E-state index is 5.86. The van der Waals surface area contributed by atoms with Crippen LogP contribution < -0.4 is 11.1 Å². The first-order valence-corrected chi connectivity index (χ1v) is 7.14. The summed E-state index contributed by atoms with van der Waals surface area (Å²) in [7, 11) is 0. The molecule has 4 heteroatoms. The lowest BCUT2D eigenvalue weighted by Gasteiger charge is -2.41. The number of hydrogen-bond donors (Lipinski definition) is 3. The van der Waals surface area contributed by atoms with Crippen molar-refractivity contribution in [3.63, 3.8) is 0 Å². The number of nitrogens with zero attached hydrogens (tertiary/aromatic N) is 1. The zero-order chi connectivity index (χ0) is 13.1. The minimum Gasteiger partial charge on any atom is -0.345 e. The molecule has 102 valence electrons. The van der Waals surface area contributed by atoms with Crippen LogP contribution in [0.1, 0.15) is 24.8 Å². The quantitative estimate of drug-likeness (QED) is 0.692. The third-order valence-electron chi connectivity index (χ3n) is 4.42. The van der Waals surface area contributed by atoms with Crippen LogP contribution in [0, 0.1) is 5.41 Å². The molecule has 0 bridgehead atoms. The van der Waals surface area contributed by atoms with Crippen molar-refractivity contribution in [1.29, 1.82) is 0 Å². The van der Waals surface area contributed by atoms with Crippen molar-refractivity contribution in [3.8, 4) is 0 Å². The molecular weight excluding hydrogens is 236 g/mol. The number of aromatic nitrogens is 2. The summed E-state index contributed by atoms with van der Waals surface area (Å²) in [6.45, 7) is 2.90. The van der Waals surface area contributed by atoms with Gasteiger partial charge in [0.05, 0.1) is 17.4 Å². The van der Waals surface area contributed by atoms with Crippen molar-refractivity contribution in [3.05, 3.63) is 30.1 Å². The van der Waals surface area contributed by atoms with Crippen LogP contribution in [-0.2, 0) is 6.42 Å². The van der Waals surface area contributed by atoms with Gasteiger partial charge >= 0.3 is 0 Å². The highest BCUT2D eigenvalue weighted by atomic mass is 14.9. The van der Waals surface area contributed by atoms with Crippen LogP contribution in [0.3, 0.4) is 0 Å². The summed E-state index contributed by atoms with van der Waals surface area (Å²) in [5, 5.41) is 3.56. The molecule has 3 rings (SSSR count). The second-order valence-electron chi connectivity index (χ2n) is 5.74. The van der Waals surface area contributed by atoms with E-state index in [1.165, 1.54) is 24.8 Å². The molecule has 4 nitrogen and oxygen atoms in total. The highest BCUT2D eigenvalue weighted by molar-refractivity contribution is 5.75. The van der Waals surface area contributed by atoms with Crippen molar-refractivity contribution < 1.29 is 0 Å². The molecule has 1 aromatic heterocycles. The van der Waals surface area contributed by atoms with Crippen LogP contribution in [0.25, 0.3) is 11.0 Å². The van der Waals surface area contributed by atoms with Crippen LogP contribution in [0.4, 0.5) is 0 Å². The highest BCUT2D eigenvalue weighted by Gasteiger charge is 2.34.